The first-order valence-corrected chi connectivity index (χ1v) is 8.72. The van der Waals surface area contributed by atoms with Crippen molar-refractivity contribution >= 4 is 27.8 Å². The van der Waals surface area contributed by atoms with Gasteiger partial charge in [-0.2, -0.15) is 5.10 Å². The number of ether oxygens (including phenoxy) is 1. The number of hydrogen-bond acceptors (Lipinski definition) is 4. The summed E-state index contributed by atoms with van der Waals surface area (Å²) in [7, 11) is 1.61. The molecule has 0 saturated carbocycles. The predicted molar refractivity (Wildman–Crippen MR) is 103 cm³/mol. The maximum Gasteiger partial charge on any atom is 0.209 e. The molecule has 6 heteroatoms. The summed E-state index contributed by atoms with van der Waals surface area (Å²) in [5, 5.41) is 14.2. The van der Waals surface area contributed by atoms with Gasteiger partial charge in [0.05, 0.1) is 19.9 Å². The highest BCUT2D eigenvalue weighted by atomic mass is 79.9. The second-order valence-electron chi connectivity index (χ2n) is 5.66. The molecule has 0 saturated heterocycles. The van der Waals surface area contributed by atoms with E-state index >= 15 is 0 Å². The predicted octanol–water partition coefficient (Wildman–Crippen LogP) is 4.30. The average Bonchev–Trinajstić information content (AvgIpc) is 3.02. The third-order valence-corrected chi connectivity index (χ3v) is 4.31. The van der Waals surface area contributed by atoms with Gasteiger partial charge in [-0.05, 0) is 41.5 Å². The third kappa shape index (κ3) is 4.40. The molecule has 2 aromatic carbocycles. The van der Waals surface area contributed by atoms with Gasteiger partial charge in [-0.1, -0.05) is 46.3 Å². The number of halogens is 1. The molecule has 0 spiro atoms. The van der Waals surface area contributed by atoms with Gasteiger partial charge in [-0.15, -0.1) is 0 Å². The summed E-state index contributed by atoms with van der Waals surface area (Å²) in [6, 6.07) is 15.1. The number of carbonyl (C=O) groups excluding carboxylic acids is 1. The van der Waals surface area contributed by atoms with Gasteiger partial charge in [0.15, 0.2) is 11.4 Å². The van der Waals surface area contributed by atoms with Crippen molar-refractivity contribution in [1.29, 1.82) is 0 Å². The van der Waals surface area contributed by atoms with E-state index in [4.69, 9.17) is 4.74 Å². The van der Waals surface area contributed by atoms with E-state index in [2.05, 4.69) is 21.0 Å². The SMILES string of the molecule is COc1ccc(Cn2cc(O)c(C(=O)/C=C/c3ccc(Br)cc3)n2)cc1. The topological polar surface area (TPSA) is 64.3 Å². The molecule has 132 valence electrons. The van der Waals surface area contributed by atoms with Crippen molar-refractivity contribution in [3.8, 4) is 11.5 Å². The molecule has 1 heterocycles. The Balaban J connectivity index is 1.72. The summed E-state index contributed by atoms with van der Waals surface area (Å²) < 4.78 is 7.63. The van der Waals surface area contributed by atoms with E-state index in [-0.39, 0.29) is 17.2 Å². The Hall–Kier alpha value is -2.86. The Bertz CT molecular complexity index is 929. The highest BCUT2D eigenvalue weighted by Crippen LogP contribution is 2.19. The molecule has 0 amide bonds. The number of rotatable bonds is 6. The quantitative estimate of drug-likeness (QED) is 0.484. The minimum Gasteiger partial charge on any atom is -0.504 e. The van der Waals surface area contributed by atoms with Crippen LogP contribution in [0.1, 0.15) is 21.6 Å². The van der Waals surface area contributed by atoms with Crippen molar-refractivity contribution in [3.63, 3.8) is 0 Å². The molecule has 26 heavy (non-hydrogen) atoms. The number of allylic oxidation sites excluding steroid dienone is 1. The molecule has 3 aromatic rings. The van der Waals surface area contributed by atoms with Crippen molar-refractivity contribution in [2.24, 2.45) is 0 Å². The largest absolute Gasteiger partial charge is 0.504 e. The number of methoxy groups -OCH3 is 1. The molecular formula is C20H17BrN2O3. The summed E-state index contributed by atoms with van der Waals surface area (Å²) in [6.45, 7) is 0.446. The molecule has 1 aromatic heterocycles. The second kappa shape index (κ2) is 8.01. The number of aromatic nitrogens is 2. The monoisotopic (exact) mass is 412 g/mol. The minimum atomic E-state index is -0.348. The normalized spacial score (nSPS) is 11.0. The van der Waals surface area contributed by atoms with Crippen molar-refractivity contribution in [2.45, 2.75) is 6.54 Å². The third-order valence-electron chi connectivity index (χ3n) is 3.78. The standard InChI is InChI=1S/C20H17BrN2O3/c1-26-17-9-4-15(5-10-17)12-23-13-19(25)20(22-23)18(24)11-6-14-2-7-16(21)8-3-14/h2-11,13,25H,12H2,1H3/b11-6+. The smallest absolute Gasteiger partial charge is 0.209 e. The zero-order chi connectivity index (χ0) is 18.5. The van der Waals surface area contributed by atoms with E-state index in [0.717, 1.165) is 21.3 Å². The summed E-state index contributed by atoms with van der Waals surface area (Å²) >= 11 is 3.37. The molecule has 0 bridgehead atoms. The van der Waals surface area contributed by atoms with Gasteiger partial charge in [0.2, 0.25) is 5.78 Å². The molecule has 0 aliphatic carbocycles. The number of hydrogen-bond donors (Lipinski definition) is 1. The highest BCUT2D eigenvalue weighted by Gasteiger charge is 2.14. The van der Waals surface area contributed by atoms with Gasteiger partial charge in [0, 0.05) is 4.47 Å². The molecule has 0 atom stereocenters. The van der Waals surface area contributed by atoms with Crippen LogP contribution in [-0.2, 0) is 6.54 Å². The Morgan fingerprint density at radius 3 is 2.54 bits per heavy atom. The van der Waals surface area contributed by atoms with E-state index in [1.807, 2.05) is 48.5 Å². The van der Waals surface area contributed by atoms with Gasteiger partial charge >= 0.3 is 0 Å². The van der Waals surface area contributed by atoms with Crippen LogP contribution in [0.5, 0.6) is 11.5 Å². The lowest BCUT2D eigenvalue weighted by atomic mass is 10.2. The first-order chi connectivity index (χ1) is 12.5. The Labute approximate surface area is 159 Å². The van der Waals surface area contributed by atoms with Crippen LogP contribution in [0.15, 0.2) is 65.3 Å². The maximum absolute atomic E-state index is 12.3. The average molecular weight is 413 g/mol. The van der Waals surface area contributed by atoms with Gasteiger partial charge < -0.3 is 9.84 Å². The summed E-state index contributed by atoms with van der Waals surface area (Å²) in [4.78, 5) is 12.3. The second-order valence-corrected chi connectivity index (χ2v) is 6.57. The Kier molecular flexibility index (Phi) is 5.53. The molecule has 5 nitrogen and oxygen atoms in total. The zero-order valence-electron chi connectivity index (χ0n) is 14.1. The molecule has 0 aliphatic rings. The van der Waals surface area contributed by atoms with Crippen LogP contribution in [0.3, 0.4) is 0 Å². The number of aromatic hydroxyl groups is 1. The first kappa shape index (κ1) is 17.9. The van der Waals surface area contributed by atoms with Gasteiger partial charge in [0.25, 0.3) is 0 Å². The lowest BCUT2D eigenvalue weighted by molar-refractivity contribution is 0.104. The number of nitrogens with zero attached hydrogens (tertiary/aromatic N) is 2. The molecule has 0 unspecified atom stereocenters. The van der Waals surface area contributed by atoms with Crippen molar-refractivity contribution < 1.29 is 14.6 Å². The van der Waals surface area contributed by atoms with Crippen LogP contribution in [0.25, 0.3) is 6.08 Å². The van der Waals surface area contributed by atoms with Gasteiger partial charge in [-0.3, -0.25) is 9.48 Å². The van der Waals surface area contributed by atoms with Crippen molar-refractivity contribution in [3.05, 3.63) is 82.1 Å². The molecule has 0 radical (unpaired) electrons. The van der Waals surface area contributed by atoms with Crippen LogP contribution in [0, 0.1) is 0 Å². The molecule has 0 aliphatic heterocycles. The van der Waals surface area contributed by atoms with Crippen LogP contribution in [0.4, 0.5) is 0 Å². The van der Waals surface area contributed by atoms with Gasteiger partial charge in [-0.25, -0.2) is 0 Å². The van der Waals surface area contributed by atoms with Crippen molar-refractivity contribution in [1.82, 2.24) is 9.78 Å². The Morgan fingerprint density at radius 1 is 1.19 bits per heavy atom. The number of ketones is 1. The Morgan fingerprint density at radius 2 is 1.88 bits per heavy atom. The van der Waals surface area contributed by atoms with Crippen LogP contribution in [-0.4, -0.2) is 27.8 Å². The summed E-state index contributed by atoms with van der Waals surface area (Å²) in [5.41, 5.74) is 1.91. The molecule has 3 rings (SSSR count). The highest BCUT2D eigenvalue weighted by molar-refractivity contribution is 9.10. The number of benzene rings is 2. The van der Waals surface area contributed by atoms with Crippen LogP contribution in [0.2, 0.25) is 0 Å². The van der Waals surface area contributed by atoms with Crippen LogP contribution < -0.4 is 4.74 Å². The molecule has 0 fully saturated rings. The van der Waals surface area contributed by atoms with Crippen LogP contribution >= 0.6 is 15.9 Å². The zero-order valence-corrected chi connectivity index (χ0v) is 15.7. The maximum atomic E-state index is 12.3. The lowest BCUT2D eigenvalue weighted by Gasteiger charge is -2.03. The molecular weight excluding hydrogens is 396 g/mol. The van der Waals surface area contributed by atoms with E-state index in [9.17, 15) is 9.90 Å². The fraction of sp³-hybridized carbons (Fsp3) is 0.100. The van der Waals surface area contributed by atoms with E-state index in [1.54, 1.807) is 13.2 Å². The molecule has 1 N–H and O–H groups in total. The first-order valence-electron chi connectivity index (χ1n) is 7.92. The summed E-state index contributed by atoms with van der Waals surface area (Å²) in [6.07, 6.45) is 4.55. The minimum absolute atomic E-state index is 0.0341. The lowest BCUT2D eigenvalue weighted by Crippen LogP contribution is -2.03. The fourth-order valence-electron chi connectivity index (χ4n) is 2.41. The summed E-state index contributed by atoms with van der Waals surface area (Å²) in [5.74, 6) is 0.286. The van der Waals surface area contributed by atoms with E-state index in [1.165, 1.54) is 17.0 Å². The van der Waals surface area contributed by atoms with Gasteiger partial charge in [0.1, 0.15) is 5.75 Å². The number of carbonyl (C=O) groups is 1. The van der Waals surface area contributed by atoms with Crippen molar-refractivity contribution in [2.75, 3.05) is 7.11 Å². The fourth-order valence-corrected chi connectivity index (χ4v) is 2.67. The van der Waals surface area contributed by atoms with E-state index in [0.29, 0.717) is 6.54 Å². The van der Waals surface area contributed by atoms with E-state index < -0.39 is 0 Å².